The number of aryl methyl sites for hydroxylation is 1. The molecule has 1 aromatic carbocycles. The first-order chi connectivity index (χ1) is 12.1. The maximum Gasteiger partial charge on any atom is 0.233 e. The molecule has 1 aliphatic heterocycles. The highest BCUT2D eigenvalue weighted by atomic mass is 16.5. The van der Waals surface area contributed by atoms with Gasteiger partial charge in [-0.05, 0) is 24.6 Å². The van der Waals surface area contributed by atoms with Crippen molar-refractivity contribution < 1.29 is 9.47 Å². The van der Waals surface area contributed by atoms with E-state index in [0.29, 0.717) is 17.8 Å². The third kappa shape index (κ3) is 2.92. The zero-order valence-electron chi connectivity index (χ0n) is 14.4. The number of ether oxygens (including phenoxy) is 2. The molecule has 6 heteroatoms. The summed E-state index contributed by atoms with van der Waals surface area (Å²) in [6, 6.07) is 9.95. The van der Waals surface area contributed by atoms with Crippen LogP contribution in [0.5, 0.6) is 11.6 Å². The number of fused-ring (bicyclic) bond motifs is 1. The van der Waals surface area contributed by atoms with Gasteiger partial charge in [0.25, 0.3) is 0 Å². The molecule has 0 unspecified atom stereocenters. The highest BCUT2D eigenvalue weighted by Crippen LogP contribution is 2.39. The molecule has 0 fully saturated rings. The fourth-order valence-corrected chi connectivity index (χ4v) is 2.79. The summed E-state index contributed by atoms with van der Waals surface area (Å²) < 4.78 is 10.4. The second kappa shape index (κ2) is 6.65. The Labute approximate surface area is 146 Å². The Hall–Kier alpha value is -3.33. The minimum Gasteiger partial charge on any atom is -0.497 e. The molecule has 126 valence electrons. The van der Waals surface area contributed by atoms with Gasteiger partial charge in [-0.1, -0.05) is 18.7 Å². The number of pyridine rings is 1. The fourth-order valence-electron chi connectivity index (χ4n) is 2.79. The molecule has 0 atom stereocenters. The smallest absolute Gasteiger partial charge is 0.233 e. The van der Waals surface area contributed by atoms with Crippen LogP contribution in [-0.2, 0) is 6.54 Å². The number of aromatic nitrogens is 1. The maximum atomic E-state index is 9.43. The Morgan fingerprint density at radius 2 is 1.92 bits per heavy atom. The third-order valence-corrected chi connectivity index (χ3v) is 4.10. The molecule has 1 aromatic heterocycles. The summed E-state index contributed by atoms with van der Waals surface area (Å²) in [7, 11) is 3.13. The Balaban J connectivity index is 1.96. The monoisotopic (exact) mass is 334 g/mol. The lowest BCUT2D eigenvalue weighted by molar-refractivity contribution is 0.395. The largest absolute Gasteiger partial charge is 0.497 e. The predicted octanol–water partition coefficient (Wildman–Crippen LogP) is 3.43. The SMILES string of the molecule is C=C1c2c(C)nc(OC)c(C#N)c2N=CN1Cc1ccc(OC)cc1. The number of nitrogens with zero attached hydrogens (tertiary/aromatic N) is 4. The lowest BCUT2D eigenvalue weighted by Crippen LogP contribution is -2.23. The van der Waals surface area contributed by atoms with Crippen LogP contribution in [-0.4, -0.2) is 30.4 Å². The lowest BCUT2D eigenvalue weighted by Gasteiger charge is -2.28. The molecular weight excluding hydrogens is 316 g/mol. The van der Waals surface area contributed by atoms with Crippen LogP contribution >= 0.6 is 0 Å². The average molecular weight is 334 g/mol. The topological polar surface area (TPSA) is 70.7 Å². The van der Waals surface area contributed by atoms with Crippen LogP contribution in [0.25, 0.3) is 5.70 Å². The van der Waals surface area contributed by atoms with Gasteiger partial charge in [-0.2, -0.15) is 5.26 Å². The first-order valence-corrected chi connectivity index (χ1v) is 7.70. The zero-order valence-corrected chi connectivity index (χ0v) is 14.4. The quantitative estimate of drug-likeness (QED) is 0.857. The number of hydrogen-bond acceptors (Lipinski definition) is 6. The Morgan fingerprint density at radius 1 is 1.20 bits per heavy atom. The van der Waals surface area contributed by atoms with E-state index in [2.05, 4.69) is 22.6 Å². The van der Waals surface area contributed by atoms with E-state index >= 15 is 0 Å². The van der Waals surface area contributed by atoms with Crippen LogP contribution in [0.4, 0.5) is 5.69 Å². The molecule has 25 heavy (non-hydrogen) atoms. The Bertz CT molecular complexity index is 895. The summed E-state index contributed by atoms with van der Waals surface area (Å²) in [5.41, 5.74) is 4.23. The van der Waals surface area contributed by atoms with Gasteiger partial charge in [-0.15, -0.1) is 0 Å². The molecule has 6 nitrogen and oxygen atoms in total. The van der Waals surface area contributed by atoms with Crippen LogP contribution < -0.4 is 9.47 Å². The summed E-state index contributed by atoms with van der Waals surface area (Å²) in [5, 5.41) is 9.43. The van der Waals surface area contributed by atoms with E-state index in [9.17, 15) is 5.26 Å². The molecule has 0 radical (unpaired) electrons. The van der Waals surface area contributed by atoms with Crippen LogP contribution in [0.15, 0.2) is 35.8 Å². The molecule has 0 spiro atoms. The molecule has 0 saturated carbocycles. The molecule has 2 heterocycles. The second-order valence-electron chi connectivity index (χ2n) is 5.58. The minimum atomic E-state index is 0.285. The fraction of sp³-hybridized carbons (Fsp3) is 0.211. The second-order valence-corrected chi connectivity index (χ2v) is 5.58. The molecular formula is C19H18N4O2. The van der Waals surface area contributed by atoms with Gasteiger partial charge in [0.05, 0.1) is 31.9 Å². The van der Waals surface area contributed by atoms with E-state index in [-0.39, 0.29) is 5.88 Å². The van der Waals surface area contributed by atoms with Crippen molar-refractivity contribution in [3.63, 3.8) is 0 Å². The average Bonchev–Trinajstić information content (AvgIpc) is 2.64. The molecule has 0 saturated heterocycles. The van der Waals surface area contributed by atoms with E-state index in [1.165, 1.54) is 7.11 Å². The number of nitriles is 1. The van der Waals surface area contributed by atoms with Gasteiger partial charge in [-0.3, -0.25) is 0 Å². The molecule has 3 rings (SSSR count). The van der Waals surface area contributed by atoms with Gasteiger partial charge in [0, 0.05) is 17.8 Å². The van der Waals surface area contributed by atoms with Crippen LogP contribution in [0.2, 0.25) is 0 Å². The molecule has 0 aliphatic carbocycles. The van der Waals surface area contributed by atoms with E-state index < -0.39 is 0 Å². The van der Waals surface area contributed by atoms with Gasteiger partial charge in [0.15, 0.2) is 0 Å². The normalized spacial score (nSPS) is 12.6. The Morgan fingerprint density at radius 3 is 2.52 bits per heavy atom. The van der Waals surface area contributed by atoms with E-state index in [1.54, 1.807) is 13.4 Å². The van der Waals surface area contributed by atoms with E-state index in [4.69, 9.17) is 9.47 Å². The van der Waals surface area contributed by atoms with Crippen molar-refractivity contribution in [2.75, 3.05) is 14.2 Å². The van der Waals surface area contributed by atoms with Crippen LogP contribution in [0, 0.1) is 18.3 Å². The van der Waals surface area contributed by atoms with Crippen molar-refractivity contribution in [1.29, 1.82) is 5.26 Å². The van der Waals surface area contributed by atoms with Crippen LogP contribution in [0.1, 0.15) is 22.4 Å². The van der Waals surface area contributed by atoms with Crippen LogP contribution in [0.3, 0.4) is 0 Å². The summed E-state index contributed by atoms with van der Waals surface area (Å²) >= 11 is 0. The predicted molar refractivity (Wildman–Crippen MR) is 96.0 cm³/mol. The standard InChI is InChI=1S/C19H18N4O2/c1-12-17-13(2)23(10-14-5-7-15(24-3)8-6-14)11-21-18(17)16(9-20)19(22-12)25-4/h5-8,11H,2,10H2,1,3-4H3. The summed E-state index contributed by atoms with van der Waals surface area (Å²) in [5.74, 6) is 1.10. The number of aliphatic imine (C=N–C) groups is 1. The van der Waals surface area contributed by atoms with Crippen molar-refractivity contribution >= 4 is 17.7 Å². The van der Waals surface area contributed by atoms with Crippen molar-refractivity contribution in [2.24, 2.45) is 4.99 Å². The molecule has 0 N–H and O–H groups in total. The zero-order chi connectivity index (χ0) is 18.0. The van der Waals surface area contributed by atoms with Gasteiger partial charge < -0.3 is 14.4 Å². The molecule has 1 aliphatic rings. The number of rotatable bonds is 4. The highest BCUT2D eigenvalue weighted by molar-refractivity contribution is 5.90. The van der Waals surface area contributed by atoms with Crippen molar-refractivity contribution in [2.45, 2.75) is 13.5 Å². The van der Waals surface area contributed by atoms with Gasteiger partial charge in [0.2, 0.25) is 5.88 Å². The van der Waals surface area contributed by atoms with Crippen molar-refractivity contribution in [3.05, 3.63) is 53.2 Å². The number of benzene rings is 1. The third-order valence-electron chi connectivity index (χ3n) is 4.10. The molecule has 0 bridgehead atoms. The molecule has 2 aromatic rings. The summed E-state index contributed by atoms with van der Waals surface area (Å²) in [6.45, 7) is 6.65. The summed E-state index contributed by atoms with van der Waals surface area (Å²) in [4.78, 5) is 10.8. The lowest BCUT2D eigenvalue weighted by atomic mass is 10.0. The minimum absolute atomic E-state index is 0.285. The first kappa shape index (κ1) is 16.5. The maximum absolute atomic E-state index is 9.43. The van der Waals surface area contributed by atoms with Gasteiger partial charge >= 0.3 is 0 Å². The number of hydrogen-bond donors (Lipinski definition) is 0. The first-order valence-electron chi connectivity index (χ1n) is 7.70. The molecule has 0 amide bonds. The van der Waals surface area contributed by atoms with E-state index in [0.717, 1.165) is 28.3 Å². The van der Waals surface area contributed by atoms with Gasteiger partial charge in [0.1, 0.15) is 17.4 Å². The Kier molecular flexibility index (Phi) is 4.40. The van der Waals surface area contributed by atoms with Crippen molar-refractivity contribution in [3.8, 4) is 17.7 Å². The van der Waals surface area contributed by atoms with Gasteiger partial charge in [-0.25, -0.2) is 9.98 Å². The highest BCUT2D eigenvalue weighted by Gasteiger charge is 2.25. The van der Waals surface area contributed by atoms with E-state index in [1.807, 2.05) is 36.1 Å². The summed E-state index contributed by atoms with van der Waals surface area (Å²) in [6.07, 6.45) is 1.69. The number of methoxy groups -OCH3 is 2. The van der Waals surface area contributed by atoms with Crippen molar-refractivity contribution in [1.82, 2.24) is 9.88 Å².